The molecule has 0 spiro atoms. The highest BCUT2D eigenvalue weighted by Crippen LogP contribution is 2.32. The summed E-state index contributed by atoms with van der Waals surface area (Å²) in [5, 5.41) is 7.90. The summed E-state index contributed by atoms with van der Waals surface area (Å²) in [6, 6.07) is 4.65. The van der Waals surface area contributed by atoms with Gasteiger partial charge in [-0.15, -0.1) is 11.3 Å². The third-order valence-electron chi connectivity index (χ3n) is 2.34. The first-order chi connectivity index (χ1) is 9.72. The zero-order valence-corrected chi connectivity index (χ0v) is 13.1. The van der Waals surface area contributed by atoms with Crippen LogP contribution in [0.2, 0.25) is 10.0 Å². The smallest absolute Gasteiger partial charge is 0.345 e. The van der Waals surface area contributed by atoms with Crippen molar-refractivity contribution < 1.29 is 22.7 Å². The van der Waals surface area contributed by atoms with Gasteiger partial charge in [0.15, 0.2) is 5.82 Å². The van der Waals surface area contributed by atoms with E-state index in [1.807, 2.05) is 0 Å². The van der Waals surface area contributed by atoms with Crippen LogP contribution in [-0.2, 0) is 10.0 Å². The summed E-state index contributed by atoms with van der Waals surface area (Å²) >= 11 is 11.9. The van der Waals surface area contributed by atoms with Crippen molar-refractivity contribution >= 4 is 55.5 Å². The summed E-state index contributed by atoms with van der Waals surface area (Å²) in [5.74, 6) is -2.22. The van der Waals surface area contributed by atoms with Crippen LogP contribution in [-0.4, -0.2) is 19.5 Å². The van der Waals surface area contributed by atoms with E-state index in [2.05, 4.69) is 4.72 Å². The Morgan fingerprint density at radius 1 is 1.24 bits per heavy atom. The molecule has 1 aromatic heterocycles. The molecule has 0 aliphatic heterocycles. The van der Waals surface area contributed by atoms with Crippen molar-refractivity contribution in [2.75, 3.05) is 4.72 Å². The molecule has 5 nitrogen and oxygen atoms in total. The number of hydrogen-bond donors (Lipinski definition) is 2. The molecule has 0 saturated heterocycles. The Kier molecular flexibility index (Phi) is 4.43. The second-order valence-electron chi connectivity index (χ2n) is 3.75. The SMILES string of the molecule is O=C(O)c1ccc(NS(=O)(=O)c2ccc(Cl)c(F)c2Cl)s1. The van der Waals surface area contributed by atoms with Crippen LogP contribution in [0, 0.1) is 5.82 Å². The highest BCUT2D eigenvalue weighted by atomic mass is 35.5. The first-order valence-corrected chi connectivity index (χ1v) is 8.27. The van der Waals surface area contributed by atoms with Gasteiger partial charge in [0.2, 0.25) is 0 Å². The van der Waals surface area contributed by atoms with Crippen LogP contribution in [0.1, 0.15) is 9.67 Å². The van der Waals surface area contributed by atoms with Gasteiger partial charge in [-0.25, -0.2) is 17.6 Å². The maximum absolute atomic E-state index is 13.5. The number of anilines is 1. The van der Waals surface area contributed by atoms with E-state index in [4.69, 9.17) is 28.3 Å². The number of halogens is 3. The molecule has 0 fully saturated rings. The van der Waals surface area contributed by atoms with Crippen molar-refractivity contribution in [1.29, 1.82) is 0 Å². The van der Waals surface area contributed by atoms with Crippen LogP contribution in [0.4, 0.5) is 9.39 Å². The molecule has 0 aliphatic rings. The lowest BCUT2D eigenvalue weighted by Gasteiger charge is -2.08. The Bertz CT molecular complexity index is 820. The molecule has 1 aromatic carbocycles. The lowest BCUT2D eigenvalue weighted by molar-refractivity contribution is 0.0702. The standard InChI is InChI=1S/C11H6Cl2FNO4S2/c12-5-1-3-7(9(13)10(5)14)21(18,19)15-8-4-2-6(20-8)11(16)17/h1-4,15H,(H,16,17). The minimum absolute atomic E-state index is 0.0407. The van der Waals surface area contributed by atoms with Crippen LogP contribution in [0.3, 0.4) is 0 Å². The van der Waals surface area contributed by atoms with Crippen molar-refractivity contribution in [1.82, 2.24) is 0 Å². The molecule has 0 amide bonds. The molecular weight excluding hydrogens is 364 g/mol. The normalized spacial score (nSPS) is 11.4. The molecule has 0 atom stereocenters. The predicted octanol–water partition coefficient (Wildman–Crippen LogP) is 3.69. The van der Waals surface area contributed by atoms with Gasteiger partial charge in [-0.2, -0.15) is 0 Å². The number of sulfonamides is 1. The second kappa shape index (κ2) is 5.80. The van der Waals surface area contributed by atoms with Crippen molar-refractivity contribution in [3.05, 3.63) is 45.0 Å². The molecule has 2 aromatic rings. The van der Waals surface area contributed by atoms with Gasteiger partial charge in [-0.3, -0.25) is 4.72 Å². The fourth-order valence-corrected chi connectivity index (χ4v) is 4.19. The van der Waals surface area contributed by atoms with Crippen LogP contribution < -0.4 is 4.72 Å². The summed E-state index contributed by atoms with van der Waals surface area (Å²) in [5.41, 5.74) is 0. The van der Waals surface area contributed by atoms with Gasteiger partial charge in [0.25, 0.3) is 10.0 Å². The first kappa shape index (κ1) is 16.0. The molecule has 21 heavy (non-hydrogen) atoms. The van der Waals surface area contributed by atoms with E-state index < -0.39 is 31.7 Å². The Morgan fingerprint density at radius 2 is 1.90 bits per heavy atom. The number of rotatable bonds is 4. The minimum atomic E-state index is -4.16. The zero-order valence-electron chi connectivity index (χ0n) is 9.93. The first-order valence-electron chi connectivity index (χ1n) is 5.22. The van der Waals surface area contributed by atoms with Crippen LogP contribution >= 0.6 is 34.5 Å². The van der Waals surface area contributed by atoms with Gasteiger partial charge in [-0.05, 0) is 24.3 Å². The molecule has 10 heteroatoms. The summed E-state index contributed by atoms with van der Waals surface area (Å²) in [6.45, 7) is 0. The molecular formula is C11H6Cl2FNO4S2. The minimum Gasteiger partial charge on any atom is -0.477 e. The molecule has 0 radical (unpaired) electrons. The third kappa shape index (κ3) is 3.29. The maximum atomic E-state index is 13.5. The molecule has 1 heterocycles. The van der Waals surface area contributed by atoms with Gasteiger partial charge in [0.05, 0.1) is 10.0 Å². The number of benzene rings is 1. The quantitative estimate of drug-likeness (QED) is 0.804. The van der Waals surface area contributed by atoms with Crippen molar-refractivity contribution in [3.63, 3.8) is 0 Å². The number of nitrogens with one attached hydrogen (secondary N) is 1. The molecule has 112 valence electrons. The van der Waals surface area contributed by atoms with Crippen molar-refractivity contribution in [2.24, 2.45) is 0 Å². The average molecular weight is 370 g/mol. The summed E-state index contributed by atoms with van der Waals surface area (Å²) < 4.78 is 39.9. The third-order valence-corrected chi connectivity index (χ3v) is 5.64. The highest BCUT2D eigenvalue weighted by Gasteiger charge is 2.23. The van der Waals surface area contributed by atoms with Gasteiger partial charge in [0.1, 0.15) is 14.8 Å². The fraction of sp³-hybridized carbons (Fsp3) is 0. The van der Waals surface area contributed by atoms with Crippen LogP contribution in [0.25, 0.3) is 0 Å². The van der Waals surface area contributed by atoms with Crippen molar-refractivity contribution in [3.8, 4) is 0 Å². The van der Waals surface area contributed by atoms with Crippen molar-refractivity contribution in [2.45, 2.75) is 4.90 Å². The van der Waals surface area contributed by atoms with Crippen LogP contribution in [0.15, 0.2) is 29.2 Å². The lowest BCUT2D eigenvalue weighted by Crippen LogP contribution is -2.13. The topological polar surface area (TPSA) is 83.5 Å². The number of carboxylic acid groups (broad SMARTS) is 1. The summed E-state index contributed by atoms with van der Waals surface area (Å²) in [7, 11) is -4.16. The number of hydrogen-bond acceptors (Lipinski definition) is 4. The molecule has 2 rings (SSSR count). The van der Waals surface area contributed by atoms with E-state index in [1.165, 1.54) is 12.1 Å². The Balaban J connectivity index is 2.38. The number of aromatic carboxylic acids is 1. The largest absolute Gasteiger partial charge is 0.477 e. The Labute approximate surface area is 133 Å². The van der Waals surface area contributed by atoms with E-state index in [0.717, 1.165) is 23.5 Å². The lowest BCUT2D eigenvalue weighted by atomic mass is 10.3. The van der Waals surface area contributed by atoms with Gasteiger partial charge in [0, 0.05) is 0 Å². The maximum Gasteiger partial charge on any atom is 0.345 e. The zero-order chi connectivity index (χ0) is 15.8. The second-order valence-corrected chi connectivity index (χ2v) is 7.27. The number of thiophene rings is 1. The van der Waals surface area contributed by atoms with E-state index in [0.29, 0.717) is 0 Å². The molecule has 2 N–H and O–H groups in total. The average Bonchev–Trinajstić information content (AvgIpc) is 2.83. The van der Waals surface area contributed by atoms with Gasteiger partial charge < -0.3 is 5.11 Å². The number of carboxylic acids is 1. The Hall–Kier alpha value is -1.35. The van der Waals surface area contributed by atoms with E-state index in [9.17, 15) is 17.6 Å². The Morgan fingerprint density at radius 3 is 2.48 bits per heavy atom. The monoisotopic (exact) mass is 369 g/mol. The molecule has 0 unspecified atom stereocenters. The van der Waals surface area contributed by atoms with Gasteiger partial charge in [-0.1, -0.05) is 23.2 Å². The fourth-order valence-electron chi connectivity index (χ4n) is 1.41. The molecule has 0 saturated carbocycles. The van der Waals surface area contributed by atoms with Crippen LogP contribution in [0.5, 0.6) is 0 Å². The van der Waals surface area contributed by atoms with Gasteiger partial charge >= 0.3 is 5.97 Å². The number of carbonyl (C=O) groups is 1. The molecule has 0 aliphatic carbocycles. The van der Waals surface area contributed by atoms with E-state index in [1.54, 1.807) is 0 Å². The predicted molar refractivity (Wildman–Crippen MR) is 78.5 cm³/mol. The van der Waals surface area contributed by atoms with E-state index in [-0.39, 0.29) is 14.9 Å². The molecule has 0 bridgehead atoms. The van der Waals surface area contributed by atoms with E-state index >= 15 is 0 Å². The summed E-state index contributed by atoms with van der Waals surface area (Å²) in [6.07, 6.45) is 0. The highest BCUT2D eigenvalue weighted by molar-refractivity contribution is 7.93. The summed E-state index contributed by atoms with van der Waals surface area (Å²) in [4.78, 5) is 10.2.